The van der Waals surface area contributed by atoms with E-state index in [1.165, 1.54) is 23.1 Å². The lowest BCUT2D eigenvalue weighted by Crippen LogP contribution is -2.56. The third-order valence-corrected chi connectivity index (χ3v) is 8.01. The van der Waals surface area contributed by atoms with E-state index in [2.05, 4.69) is 11.4 Å². The number of rotatable bonds is 3. The molecule has 8 heteroatoms. The monoisotopic (exact) mass is 502 g/mol. The molecule has 1 spiro atoms. The standard InChI is InChI=1S/C29H31FN4O3/c1-27(2,3)14-23(34-24(35)19-11-10-17(30)12-21(19)28(34,4)5)25(36)33-16-29(13-18(33)15-31)20-8-6-7-9-22(20)32-26(29)37/h6-12,18,23H,13-14,16H2,1-5H3,(H,32,37)/t18?,23-,29-/m0/s1. The summed E-state index contributed by atoms with van der Waals surface area (Å²) < 4.78 is 14.2. The van der Waals surface area contributed by atoms with Gasteiger partial charge in [0.05, 0.1) is 17.0 Å². The third kappa shape index (κ3) is 3.71. The highest BCUT2D eigenvalue weighted by atomic mass is 19.1. The lowest BCUT2D eigenvalue weighted by Gasteiger charge is -2.42. The van der Waals surface area contributed by atoms with Crippen molar-refractivity contribution in [1.82, 2.24) is 9.80 Å². The van der Waals surface area contributed by atoms with Crippen molar-refractivity contribution in [2.45, 2.75) is 70.5 Å². The van der Waals surface area contributed by atoms with Crippen LogP contribution < -0.4 is 5.32 Å². The van der Waals surface area contributed by atoms with Gasteiger partial charge in [-0.25, -0.2) is 4.39 Å². The highest BCUT2D eigenvalue weighted by molar-refractivity contribution is 6.08. The second-order valence-electron chi connectivity index (χ2n) is 12.1. The van der Waals surface area contributed by atoms with Gasteiger partial charge in [0.25, 0.3) is 5.91 Å². The number of hydrogen-bond acceptors (Lipinski definition) is 4. The fraction of sp³-hybridized carbons (Fsp3) is 0.448. The fourth-order valence-electron chi connectivity index (χ4n) is 6.30. The maximum atomic E-state index is 14.4. The molecule has 1 N–H and O–H groups in total. The van der Waals surface area contributed by atoms with E-state index in [9.17, 15) is 24.0 Å². The molecule has 5 rings (SSSR count). The average molecular weight is 503 g/mol. The van der Waals surface area contributed by atoms with Crippen LogP contribution in [-0.2, 0) is 20.5 Å². The number of carbonyl (C=O) groups excluding carboxylic acids is 3. The maximum Gasteiger partial charge on any atom is 0.255 e. The van der Waals surface area contributed by atoms with Crippen molar-refractivity contribution in [2.75, 3.05) is 11.9 Å². The van der Waals surface area contributed by atoms with E-state index in [0.29, 0.717) is 23.2 Å². The quantitative estimate of drug-likeness (QED) is 0.676. The van der Waals surface area contributed by atoms with Crippen LogP contribution in [0.5, 0.6) is 0 Å². The van der Waals surface area contributed by atoms with E-state index in [0.717, 1.165) is 5.56 Å². The van der Waals surface area contributed by atoms with Gasteiger partial charge in [0.2, 0.25) is 11.8 Å². The Balaban J connectivity index is 1.56. The molecule has 37 heavy (non-hydrogen) atoms. The third-order valence-electron chi connectivity index (χ3n) is 8.01. The van der Waals surface area contributed by atoms with Crippen molar-refractivity contribution in [3.05, 3.63) is 65.0 Å². The molecule has 3 heterocycles. The molecule has 3 aliphatic heterocycles. The zero-order chi connectivity index (χ0) is 26.9. The minimum absolute atomic E-state index is 0.0532. The summed E-state index contributed by atoms with van der Waals surface area (Å²) in [6.07, 6.45) is 0.519. The molecule has 0 bridgehead atoms. The second-order valence-corrected chi connectivity index (χ2v) is 12.1. The molecule has 3 aliphatic rings. The van der Waals surface area contributed by atoms with Crippen molar-refractivity contribution in [3.8, 4) is 6.07 Å². The van der Waals surface area contributed by atoms with E-state index >= 15 is 0 Å². The number of nitriles is 1. The summed E-state index contributed by atoms with van der Waals surface area (Å²) in [6.45, 7) is 9.64. The van der Waals surface area contributed by atoms with Crippen LogP contribution in [0.15, 0.2) is 42.5 Å². The van der Waals surface area contributed by atoms with Gasteiger partial charge in [0.15, 0.2) is 0 Å². The summed E-state index contributed by atoms with van der Waals surface area (Å²) in [6, 6.07) is 11.9. The number of para-hydroxylation sites is 1. The minimum atomic E-state index is -1.02. The van der Waals surface area contributed by atoms with Gasteiger partial charge in [-0.05, 0) is 61.1 Å². The summed E-state index contributed by atoms with van der Waals surface area (Å²) in [5, 5.41) is 13.0. The highest BCUT2D eigenvalue weighted by Crippen LogP contribution is 2.48. The zero-order valence-electron chi connectivity index (χ0n) is 21.8. The Labute approximate surface area is 216 Å². The fourth-order valence-corrected chi connectivity index (χ4v) is 6.30. The Hall–Kier alpha value is -3.73. The highest BCUT2D eigenvalue weighted by Gasteiger charge is 2.58. The van der Waals surface area contributed by atoms with E-state index < -0.39 is 28.9 Å². The predicted octanol–water partition coefficient (Wildman–Crippen LogP) is 4.34. The first-order valence-corrected chi connectivity index (χ1v) is 12.5. The SMILES string of the molecule is CC(C)(C)C[C@@H](C(=O)N1C[C@]2(CC1C#N)C(=O)Nc1ccccc12)N1C(=O)c2ccc(F)cc2C1(C)C. The molecule has 0 radical (unpaired) electrons. The average Bonchev–Trinajstić information content (AvgIpc) is 3.41. The molecule has 3 atom stereocenters. The normalized spacial score (nSPS) is 24.6. The first kappa shape index (κ1) is 24.9. The number of likely N-dealkylation sites (tertiary alicyclic amines) is 1. The summed E-state index contributed by atoms with van der Waals surface area (Å²) in [5.41, 5.74) is 0.0709. The number of carbonyl (C=O) groups is 3. The molecule has 1 fully saturated rings. The van der Waals surface area contributed by atoms with Crippen LogP contribution in [0.4, 0.5) is 10.1 Å². The van der Waals surface area contributed by atoms with E-state index in [1.807, 2.05) is 58.9 Å². The van der Waals surface area contributed by atoms with Crippen LogP contribution in [0, 0.1) is 22.6 Å². The molecule has 192 valence electrons. The van der Waals surface area contributed by atoms with Crippen LogP contribution >= 0.6 is 0 Å². The van der Waals surface area contributed by atoms with Crippen molar-refractivity contribution < 1.29 is 18.8 Å². The van der Waals surface area contributed by atoms with Gasteiger partial charge in [0, 0.05) is 24.2 Å². The first-order valence-electron chi connectivity index (χ1n) is 12.5. The Bertz CT molecular complexity index is 1370. The number of halogens is 1. The van der Waals surface area contributed by atoms with Gasteiger partial charge in [-0.3, -0.25) is 14.4 Å². The number of fused-ring (bicyclic) bond motifs is 3. The molecule has 0 aliphatic carbocycles. The number of hydrogen-bond donors (Lipinski definition) is 1. The summed E-state index contributed by atoms with van der Waals surface area (Å²) in [4.78, 5) is 44.3. The van der Waals surface area contributed by atoms with Crippen molar-refractivity contribution in [1.29, 1.82) is 5.26 Å². The van der Waals surface area contributed by atoms with E-state index in [-0.39, 0.29) is 36.1 Å². The molecule has 1 saturated heterocycles. The maximum absolute atomic E-state index is 14.4. The molecule has 1 unspecified atom stereocenters. The molecular weight excluding hydrogens is 471 g/mol. The van der Waals surface area contributed by atoms with Crippen LogP contribution in [0.3, 0.4) is 0 Å². The van der Waals surface area contributed by atoms with Crippen molar-refractivity contribution in [3.63, 3.8) is 0 Å². The van der Waals surface area contributed by atoms with Gasteiger partial charge in [-0.1, -0.05) is 39.0 Å². The second kappa shape index (κ2) is 8.14. The summed E-state index contributed by atoms with van der Waals surface area (Å²) in [7, 11) is 0. The number of nitrogens with zero attached hydrogens (tertiary/aromatic N) is 3. The van der Waals surface area contributed by atoms with E-state index in [1.54, 1.807) is 4.90 Å². The molecule has 3 amide bonds. The predicted molar refractivity (Wildman–Crippen MR) is 136 cm³/mol. The molecular formula is C29H31FN4O3. The van der Waals surface area contributed by atoms with Crippen LogP contribution in [0.2, 0.25) is 0 Å². The summed E-state index contributed by atoms with van der Waals surface area (Å²) in [5.74, 6) is -1.38. The zero-order valence-corrected chi connectivity index (χ0v) is 21.8. The topological polar surface area (TPSA) is 93.5 Å². The van der Waals surface area contributed by atoms with E-state index in [4.69, 9.17) is 0 Å². The first-order chi connectivity index (χ1) is 17.3. The number of nitrogens with one attached hydrogen (secondary N) is 1. The minimum Gasteiger partial charge on any atom is -0.325 e. The van der Waals surface area contributed by atoms with Crippen molar-refractivity contribution in [2.24, 2.45) is 5.41 Å². The Morgan fingerprint density at radius 2 is 1.89 bits per heavy atom. The number of amides is 3. The molecule has 7 nitrogen and oxygen atoms in total. The van der Waals surface area contributed by atoms with Gasteiger partial charge in [-0.2, -0.15) is 5.26 Å². The summed E-state index contributed by atoms with van der Waals surface area (Å²) >= 11 is 0. The Morgan fingerprint density at radius 1 is 1.19 bits per heavy atom. The lowest BCUT2D eigenvalue weighted by atomic mass is 9.80. The lowest BCUT2D eigenvalue weighted by molar-refractivity contribution is -0.139. The van der Waals surface area contributed by atoms with Gasteiger partial charge < -0.3 is 15.1 Å². The van der Waals surface area contributed by atoms with Gasteiger partial charge in [0.1, 0.15) is 17.9 Å². The van der Waals surface area contributed by atoms with Gasteiger partial charge in [-0.15, -0.1) is 0 Å². The molecule has 0 saturated carbocycles. The van der Waals surface area contributed by atoms with Crippen LogP contribution in [0.1, 0.15) is 68.9 Å². The number of anilines is 1. The number of benzene rings is 2. The Kier molecular flexibility index (Phi) is 5.49. The smallest absolute Gasteiger partial charge is 0.255 e. The van der Waals surface area contributed by atoms with Crippen LogP contribution in [-0.4, -0.2) is 46.1 Å². The molecule has 0 aromatic heterocycles. The van der Waals surface area contributed by atoms with Crippen molar-refractivity contribution >= 4 is 23.4 Å². The molecule has 2 aromatic carbocycles. The van der Waals surface area contributed by atoms with Crippen LogP contribution in [0.25, 0.3) is 0 Å². The Morgan fingerprint density at radius 3 is 2.57 bits per heavy atom. The largest absolute Gasteiger partial charge is 0.325 e. The van der Waals surface area contributed by atoms with Gasteiger partial charge >= 0.3 is 0 Å². The molecule has 2 aromatic rings.